The Morgan fingerprint density at radius 3 is 2.56 bits per heavy atom. The molecular weight excluding hydrogens is 198 g/mol. The van der Waals surface area contributed by atoms with Gasteiger partial charge in [0.25, 0.3) is 0 Å². The summed E-state index contributed by atoms with van der Waals surface area (Å²) in [5.74, 6) is 0. The fourth-order valence-electron chi connectivity index (χ4n) is 2.04. The molecule has 1 aromatic carbocycles. The van der Waals surface area contributed by atoms with Gasteiger partial charge in [0.1, 0.15) is 6.10 Å². The van der Waals surface area contributed by atoms with Gasteiger partial charge in [0.05, 0.1) is 5.69 Å². The molecule has 1 aromatic heterocycles. The Balaban J connectivity index is 2.41. The molecular formula is C14H17NO. The van der Waals surface area contributed by atoms with Gasteiger partial charge in [-0.15, -0.1) is 0 Å². The van der Waals surface area contributed by atoms with E-state index < -0.39 is 6.10 Å². The maximum Gasteiger partial charge on any atom is 0.119 e. The van der Waals surface area contributed by atoms with Crippen molar-refractivity contribution < 1.29 is 5.11 Å². The molecule has 1 N–H and O–H groups in total. The molecule has 2 aromatic rings. The fraction of sp³-hybridized carbons (Fsp3) is 0.286. The average molecular weight is 215 g/mol. The third-order valence-corrected chi connectivity index (χ3v) is 2.99. The molecule has 2 nitrogen and oxygen atoms in total. The summed E-state index contributed by atoms with van der Waals surface area (Å²) in [6, 6.07) is 12.0. The molecule has 2 rings (SSSR count). The molecule has 16 heavy (non-hydrogen) atoms. The van der Waals surface area contributed by atoms with Gasteiger partial charge in [-0.05, 0) is 29.7 Å². The van der Waals surface area contributed by atoms with E-state index in [4.69, 9.17) is 0 Å². The number of aryl methyl sites for hydroxylation is 2. The van der Waals surface area contributed by atoms with Crippen molar-refractivity contribution in [3.05, 3.63) is 59.4 Å². The zero-order chi connectivity index (χ0) is 11.5. The van der Waals surface area contributed by atoms with Crippen LogP contribution in [0.5, 0.6) is 0 Å². The molecule has 0 fully saturated rings. The van der Waals surface area contributed by atoms with Gasteiger partial charge in [-0.3, -0.25) is 0 Å². The van der Waals surface area contributed by atoms with Gasteiger partial charge in [0.15, 0.2) is 0 Å². The lowest BCUT2D eigenvalue weighted by molar-refractivity contribution is 0.210. The van der Waals surface area contributed by atoms with E-state index >= 15 is 0 Å². The standard InChI is InChI=1S/C14H17NO/c1-3-11-7-4-5-8-12(11)14(16)13-9-6-10-15(13)2/h4-10,14,16H,3H2,1-2H3/t14-/m0/s1. The molecule has 0 aliphatic rings. The Morgan fingerprint density at radius 2 is 1.94 bits per heavy atom. The molecule has 0 aliphatic heterocycles. The lowest BCUT2D eigenvalue weighted by Gasteiger charge is -2.15. The Hall–Kier alpha value is -1.54. The second kappa shape index (κ2) is 4.54. The Bertz CT molecular complexity index is 473. The van der Waals surface area contributed by atoms with Gasteiger partial charge in [-0.25, -0.2) is 0 Å². The van der Waals surface area contributed by atoms with Crippen LogP contribution in [0.15, 0.2) is 42.6 Å². The van der Waals surface area contributed by atoms with Gasteiger partial charge >= 0.3 is 0 Å². The maximum absolute atomic E-state index is 10.4. The van der Waals surface area contributed by atoms with Crippen LogP contribution in [-0.2, 0) is 13.5 Å². The van der Waals surface area contributed by atoms with Gasteiger partial charge in [0.2, 0.25) is 0 Å². The summed E-state index contributed by atoms with van der Waals surface area (Å²) in [4.78, 5) is 0. The van der Waals surface area contributed by atoms with Crippen LogP contribution in [0.25, 0.3) is 0 Å². The first-order chi connectivity index (χ1) is 7.74. The maximum atomic E-state index is 10.4. The number of nitrogens with zero attached hydrogens (tertiary/aromatic N) is 1. The smallest absolute Gasteiger partial charge is 0.119 e. The Labute approximate surface area is 96.2 Å². The van der Waals surface area contributed by atoms with Crippen molar-refractivity contribution in [1.29, 1.82) is 0 Å². The van der Waals surface area contributed by atoms with Gasteiger partial charge < -0.3 is 9.67 Å². The van der Waals surface area contributed by atoms with Crippen LogP contribution in [0.1, 0.15) is 29.8 Å². The largest absolute Gasteiger partial charge is 0.382 e. The molecule has 2 heteroatoms. The van der Waals surface area contributed by atoms with Crippen molar-refractivity contribution >= 4 is 0 Å². The molecule has 0 saturated heterocycles. The Morgan fingerprint density at radius 1 is 1.19 bits per heavy atom. The molecule has 0 bridgehead atoms. The monoisotopic (exact) mass is 215 g/mol. The first kappa shape index (κ1) is 11.0. The highest BCUT2D eigenvalue weighted by atomic mass is 16.3. The summed E-state index contributed by atoms with van der Waals surface area (Å²) in [7, 11) is 1.95. The quantitative estimate of drug-likeness (QED) is 0.836. The topological polar surface area (TPSA) is 25.2 Å². The second-order valence-corrected chi connectivity index (χ2v) is 4.00. The fourth-order valence-corrected chi connectivity index (χ4v) is 2.04. The van der Waals surface area contributed by atoms with Crippen LogP contribution in [0, 0.1) is 0 Å². The van der Waals surface area contributed by atoms with Crippen LogP contribution in [-0.4, -0.2) is 9.67 Å². The number of aliphatic hydroxyl groups excluding tert-OH is 1. The van der Waals surface area contributed by atoms with E-state index in [1.807, 2.05) is 48.1 Å². The number of rotatable bonds is 3. The number of aliphatic hydroxyl groups is 1. The summed E-state index contributed by atoms with van der Waals surface area (Å²) < 4.78 is 1.96. The number of hydrogen-bond acceptors (Lipinski definition) is 1. The Kier molecular flexibility index (Phi) is 3.11. The highest BCUT2D eigenvalue weighted by Crippen LogP contribution is 2.25. The van der Waals surface area contributed by atoms with E-state index in [1.54, 1.807) is 0 Å². The minimum Gasteiger partial charge on any atom is -0.382 e. The molecule has 0 spiro atoms. The minimum atomic E-state index is -0.531. The lowest BCUT2D eigenvalue weighted by Crippen LogP contribution is -2.07. The van der Waals surface area contributed by atoms with Crippen LogP contribution in [0.4, 0.5) is 0 Å². The van der Waals surface area contributed by atoms with E-state index in [0.29, 0.717) is 0 Å². The first-order valence-electron chi connectivity index (χ1n) is 5.61. The van der Waals surface area contributed by atoms with Crippen LogP contribution < -0.4 is 0 Å². The van der Waals surface area contributed by atoms with Crippen LogP contribution >= 0.6 is 0 Å². The minimum absolute atomic E-state index is 0.531. The summed E-state index contributed by atoms with van der Waals surface area (Å²) in [6.45, 7) is 2.11. The second-order valence-electron chi connectivity index (χ2n) is 4.00. The average Bonchev–Trinajstić information content (AvgIpc) is 2.74. The third kappa shape index (κ3) is 1.89. The van der Waals surface area contributed by atoms with Crippen molar-refractivity contribution in [2.24, 2.45) is 7.05 Å². The van der Waals surface area contributed by atoms with E-state index in [0.717, 1.165) is 17.7 Å². The van der Waals surface area contributed by atoms with Crippen molar-refractivity contribution in [1.82, 2.24) is 4.57 Å². The van der Waals surface area contributed by atoms with E-state index in [9.17, 15) is 5.11 Å². The first-order valence-corrected chi connectivity index (χ1v) is 5.61. The molecule has 1 atom stereocenters. The van der Waals surface area contributed by atoms with Crippen molar-refractivity contribution in [3.63, 3.8) is 0 Å². The van der Waals surface area contributed by atoms with Gasteiger partial charge in [0, 0.05) is 13.2 Å². The zero-order valence-electron chi connectivity index (χ0n) is 9.72. The molecule has 0 saturated carbocycles. The summed E-state index contributed by atoms with van der Waals surface area (Å²) in [5.41, 5.74) is 3.14. The molecule has 1 heterocycles. The molecule has 0 amide bonds. The SMILES string of the molecule is CCc1ccccc1[C@H](O)c1cccn1C. The molecule has 0 aliphatic carbocycles. The van der Waals surface area contributed by atoms with Crippen molar-refractivity contribution in [2.75, 3.05) is 0 Å². The highest BCUT2D eigenvalue weighted by molar-refractivity contribution is 5.34. The van der Waals surface area contributed by atoms with Crippen LogP contribution in [0.2, 0.25) is 0 Å². The summed E-state index contributed by atoms with van der Waals surface area (Å²) >= 11 is 0. The molecule has 84 valence electrons. The summed E-state index contributed by atoms with van der Waals surface area (Å²) in [5, 5.41) is 10.4. The highest BCUT2D eigenvalue weighted by Gasteiger charge is 2.15. The van der Waals surface area contributed by atoms with E-state index in [-0.39, 0.29) is 0 Å². The molecule has 0 unspecified atom stereocenters. The van der Waals surface area contributed by atoms with Crippen LogP contribution in [0.3, 0.4) is 0 Å². The molecule has 0 radical (unpaired) electrons. The number of benzene rings is 1. The number of aromatic nitrogens is 1. The predicted octanol–water partition coefficient (Wildman–Crippen LogP) is 2.67. The van der Waals surface area contributed by atoms with Crippen molar-refractivity contribution in [2.45, 2.75) is 19.4 Å². The lowest BCUT2D eigenvalue weighted by atomic mass is 9.98. The van der Waals surface area contributed by atoms with Gasteiger partial charge in [-0.2, -0.15) is 0 Å². The van der Waals surface area contributed by atoms with Gasteiger partial charge in [-0.1, -0.05) is 31.2 Å². The number of hydrogen-bond donors (Lipinski definition) is 1. The van der Waals surface area contributed by atoms with E-state index in [2.05, 4.69) is 13.0 Å². The van der Waals surface area contributed by atoms with E-state index in [1.165, 1.54) is 5.56 Å². The predicted molar refractivity (Wildman–Crippen MR) is 65.3 cm³/mol. The zero-order valence-corrected chi connectivity index (χ0v) is 9.72. The third-order valence-electron chi connectivity index (χ3n) is 2.99. The normalized spacial score (nSPS) is 12.7. The van der Waals surface area contributed by atoms with Crippen molar-refractivity contribution in [3.8, 4) is 0 Å². The summed E-state index contributed by atoms with van der Waals surface area (Å²) in [6.07, 6.45) is 2.36.